The van der Waals surface area contributed by atoms with E-state index in [1.807, 2.05) is 16.7 Å². The summed E-state index contributed by atoms with van der Waals surface area (Å²) < 4.78 is 0. The molecule has 1 N–H and O–H groups in total. The Balaban J connectivity index is 2.26. The molecule has 0 aromatic heterocycles. The van der Waals surface area contributed by atoms with Gasteiger partial charge >= 0.3 is 0 Å². The number of amides is 1. The molecule has 0 unspecified atom stereocenters. The molecule has 0 radical (unpaired) electrons. The third-order valence-corrected chi connectivity index (χ3v) is 4.41. The summed E-state index contributed by atoms with van der Waals surface area (Å²) in [4.78, 5) is 14.0. The van der Waals surface area contributed by atoms with Gasteiger partial charge in [0.15, 0.2) is 0 Å². The molecule has 1 aliphatic heterocycles. The maximum absolute atomic E-state index is 12.0. The normalized spacial score (nSPS) is 17.4. The van der Waals surface area contributed by atoms with Crippen LogP contribution < -0.4 is 5.32 Å². The molecule has 100 valence electrons. The Morgan fingerprint density at radius 3 is 2.59 bits per heavy atom. The van der Waals surface area contributed by atoms with E-state index in [4.69, 9.17) is 0 Å². The van der Waals surface area contributed by atoms with Crippen molar-refractivity contribution in [2.24, 2.45) is 5.92 Å². The highest BCUT2D eigenvalue weighted by molar-refractivity contribution is 8.00. The molecule has 1 saturated heterocycles. The molecule has 0 aliphatic carbocycles. The van der Waals surface area contributed by atoms with Crippen LogP contribution in [0.3, 0.4) is 0 Å². The highest BCUT2D eigenvalue weighted by Crippen LogP contribution is 2.20. The smallest absolute Gasteiger partial charge is 0.232 e. The molecule has 0 spiro atoms. The number of piperidine rings is 1. The third kappa shape index (κ3) is 5.77. The monoisotopic (exact) mass is 258 g/mol. The predicted molar refractivity (Wildman–Crippen MR) is 75.4 cm³/mol. The van der Waals surface area contributed by atoms with E-state index in [2.05, 4.69) is 26.1 Å². The zero-order chi connectivity index (χ0) is 12.7. The van der Waals surface area contributed by atoms with Gasteiger partial charge in [0.2, 0.25) is 5.91 Å². The molecular formula is C13H26N2OS. The number of nitrogens with one attached hydrogen (secondary N) is 1. The Bertz CT molecular complexity index is 227. The van der Waals surface area contributed by atoms with Crippen molar-refractivity contribution in [3.8, 4) is 0 Å². The minimum absolute atomic E-state index is 0.310. The first-order valence-corrected chi connectivity index (χ1v) is 7.78. The van der Waals surface area contributed by atoms with Gasteiger partial charge in [0.25, 0.3) is 0 Å². The van der Waals surface area contributed by atoms with Gasteiger partial charge in [-0.15, -0.1) is 11.8 Å². The van der Waals surface area contributed by atoms with Crippen LogP contribution in [-0.2, 0) is 4.79 Å². The van der Waals surface area contributed by atoms with Crippen LogP contribution in [0.25, 0.3) is 0 Å². The average Bonchev–Trinajstić information content (AvgIpc) is 2.34. The van der Waals surface area contributed by atoms with E-state index in [0.717, 1.165) is 26.2 Å². The van der Waals surface area contributed by atoms with Crippen LogP contribution in [0, 0.1) is 5.92 Å². The number of carbonyl (C=O) groups excluding carboxylic acids is 1. The van der Waals surface area contributed by atoms with Gasteiger partial charge in [0.1, 0.15) is 0 Å². The summed E-state index contributed by atoms with van der Waals surface area (Å²) >= 11 is 1.85. The van der Waals surface area contributed by atoms with E-state index in [0.29, 0.717) is 22.8 Å². The zero-order valence-corrected chi connectivity index (χ0v) is 12.2. The van der Waals surface area contributed by atoms with Crippen molar-refractivity contribution >= 4 is 17.7 Å². The molecule has 1 aliphatic rings. The first-order chi connectivity index (χ1) is 8.13. The molecule has 1 rings (SSSR count). The van der Waals surface area contributed by atoms with Crippen LogP contribution in [0.5, 0.6) is 0 Å². The van der Waals surface area contributed by atoms with Crippen molar-refractivity contribution < 1.29 is 4.79 Å². The number of thioether (sulfide) groups is 1. The summed E-state index contributed by atoms with van der Waals surface area (Å²) in [5.74, 6) is 1.53. The SMILES string of the molecule is CCN(CC(C)C)C(=O)CSC1CCNCC1. The first-order valence-electron chi connectivity index (χ1n) is 6.73. The summed E-state index contributed by atoms with van der Waals surface area (Å²) in [5.41, 5.74) is 0. The summed E-state index contributed by atoms with van der Waals surface area (Å²) in [7, 11) is 0. The van der Waals surface area contributed by atoms with E-state index in [9.17, 15) is 4.79 Å². The second-order valence-electron chi connectivity index (χ2n) is 5.09. The van der Waals surface area contributed by atoms with Gasteiger partial charge in [-0.25, -0.2) is 0 Å². The van der Waals surface area contributed by atoms with Crippen LogP contribution in [-0.4, -0.2) is 48.0 Å². The quantitative estimate of drug-likeness (QED) is 0.790. The van der Waals surface area contributed by atoms with Gasteiger partial charge in [-0.3, -0.25) is 4.79 Å². The topological polar surface area (TPSA) is 32.3 Å². The summed E-state index contributed by atoms with van der Waals surface area (Å²) in [6.45, 7) is 10.3. The Kier molecular flexibility index (Phi) is 6.97. The van der Waals surface area contributed by atoms with Crippen LogP contribution in [0.4, 0.5) is 0 Å². The maximum Gasteiger partial charge on any atom is 0.232 e. The molecule has 1 heterocycles. The maximum atomic E-state index is 12.0. The van der Waals surface area contributed by atoms with Crippen LogP contribution in [0.2, 0.25) is 0 Å². The third-order valence-electron chi connectivity index (χ3n) is 3.05. The number of nitrogens with zero attached hydrogens (tertiary/aromatic N) is 1. The van der Waals surface area contributed by atoms with E-state index in [1.165, 1.54) is 12.8 Å². The van der Waals surface area contributed by atoms with E-state index >= 15 is 0 Å². The fourth-order valence-corrected chi connectivity index (χ4v) is 3.22. The fraction of sp³-hybridized carbons (Fsp3) is 0.923. The van der Waals surface area contributed by atoms with Crippen LogP contribution in [0.15, 0.2) is 0 Å². The van der Waals surface area contributed by atoms with Gasteiger partial charge in [-0.05, 0) is 38.8 Å². The van der Waals surface area contributed by atoms with Crippen molar-refractivity contribution in [1.82, 2.24) is 10.2 Å². The summed E-state index contributed by atoms with van der Waals surface area (Å²) in [6.07, 6.45) is 2.41. The van der Waals surface area contributed by atoms with E-state index in [1.54, 1.807) is 0 Å². The summed E-state index contributed by atoms with van der Waals surface area (Å²) in [6, 6.07) is 0. The lowest BCUT2D eigenvalue weighted by Gasteiger charge is -2.25. The Morgan fingerprint density at radius 2 is 2.06 bits per heavy atom. The van der Waals surface area contributed by atoms with E-state index in [-0.39, 0.29) is 0 Å². The first kappa shape index (κ1) is 14.8. The standard InChI is InChI=1S/C13H26N2OS/c1-4-15(9-11(2)3)13(16)10-17-12-5-7-14-8-6-12/h11-12,14H,4-10H2,1-3H3. The number of rotatable bonds is 6. The lowest BCUT2D eigenvalue weighted by atomic mass is 10.2. The zero-order valence-electron chi connectivity index (χ0n) is 11.4. The van der Waals surface area contributed by atoms with Crippen LogP contribution >= 0.6 is 11.8 Å². The molecule has 1 fully saturated rings. The minimum atomic E-state index is 0.310. The molecular weight excluding hydrogens is 232 g/mol. The van der Waals surface area contributed by atoms with Gasteiger partial charge < -0.3 is 10.2 Å². The van der Waals surface area contributed by atoms with E-state index < -0.39 is 0 Å². The molecule has 1 amide bonds. The molecule has 0 aromatic rings. The Hall–Kier alpha value is -0.220. The van der Waals surface area contributed by atoms with Crippen molar-refractivity contribution in [3.63, 3.8) is 0 Å². The average molecular weight is 258 g/mol. The molecule has 4 heteroatoms. The lowest BCUT2D eigenvalue weighted by molar-refractivity contribution is -0.128. The van der Waals surface area contributed by atoms with Crippen molar-refractivity contribution in [2.75, 3.05) is 31.9 Å². The second kappa shape index (κ2) is 7.98. The van der Waals surface area contributed by atoms with Crippen molar-refractivity contribution in [1.29, 1.82) is 0 Å². The molecule has 0 atom stereocenters. The largest absolute Gasteiger partial charge is 0.342 e. The van der Waals surface area contributed by atoms with Crippen molar-refractivity contribution in [3.05, 3.63) is 0 Å². The Labute approximate surface area is 110 Å². The predicted octanol–water partition coefficient (Wildman–Crippen LogP) is 1.98. The second-order valence-corrected chi connectivity index (χ2v) is 6.38. The van der Waals surface area contributed by atoms with Gasteiger partial charge in [0.05, 0.1) is 5.75 Å². The molecule has 0 saturated carbocycles. The summed E-state index contributed by atoms with van der Waals surface area (Å²) in [5, 5.41) is 4.03. The van der Waals surface area contributed by atoms with Crippen molar-refractivity contribution in [2.45, 2.75) is 38.9 Å². The Morgan fingerprint density at radius 1 is 1.41 bits per heavy atom. The molecule has 3 nitrogen and oxygen atoms in total. The number of hydrogen-bond donors (Lipinski definition) is 1. The highest BCUT2D eigenvalue weighted by atomic mass is 32.2. The number of carbonyl (C=O) groups is 1. The van der Waals surface area contributed by atoms with Gasteiger partial charge in [0, 0.05) is 18.3 Å². The lowest BCUT2D eigenvalue weighted by Crippen LogP contribution is -2.36. The highest BCUT2D eigenvalue weighted by Gasteiger charge is 2.18. The van der Waals surface area contributed by atoms with Gasteiger partial charge in [-0.2, -0.15) is 0 Å². The number of hydrogen-bond acceptors (Lipinski definition) is 3. The molecule has 0 aromatic carbocycles. The van der Waals surface area contributed by atoms with Crippen LogP contribution in [0.1, 0.15) is 33.6 Å². The molecule has 17 heavy (non-hydrogen) atoms. The van der Waals surface area contributed by atoms with Gasteiger partial charge in [-0.1, -0.05) is 13.8 Å². The minimum Gasteiger partial charge on any atom is -0.342 e. The molecule has 0 bridgehead atoms. The fourth-order valence-electron chi connectivity index (χ4n) is 2.09.